The van der Waals surface area contributed by atoms with Crippen molar-refractivity contribution in [2.45, 2.75) is 12.5 Å². The molecular weight excluding hydrogens is 205 g/mol. The average molecular weight is 218 g/mol. The molecule has 1 aromatic carbocycles. The van der Waals surface area contributed by atoms with Crippen LogP contribution in [0.5, 0.6) is 0 Å². The number of nitrogens with one attached hydrogen (secondary N) is 1. The average Bonchev–Trinajstić information content (AvgIpc) is 2.13. The number of hydrogen-bond donors (Lipinski definition) is 2. The monoisotopic (exact) mass is 217 g/mol. The molecule has 0 spiro atoms. The van der Waals surface area contributed by atoms with E-state index in [1.165, 1.54) is 6.07 Å². The maximum Gasteiger partial charge on any atom is 0.142 e. The van der Waals surface area contributed by atoms with E-state index in [9.17, 15) is 9.50 Å². The van der Waals surface area contributed by atoms with Gasteiger partial charge >= 0.3 is 0 Å². The fourth-order valence-electron chi connectivity index (χ4n) is 1.27. The maximum absolute atomic E-state index is 13.0. The molecule has 0 saturated carbocycles. The molecule has 0 amide bonds. The van der Waals surface area contributed by atoms with Crippen LogP contribution in [0.1, 0.15) is 5.56 Å². The van der Waals surface area contributed by atoms with Gasteiger partial charge in [0.25, 0.3) is 0 Å². The first-order valence-corrected chi connectivity index (χ1v) is 4.78. The van der Waals surface area contributed by atoms with E-state index < -0.39 is 11.9 Å². The van der Waals surface area contributed by atoms with Crippen LogP contribution < -0.4 is 5.32 Å². The Kier molecular flexibility index (Phi) is 4.32. The van der Waals surface area contributed by atoms with Crippen LogP contribution in [-0.4, -0.2) is 24.8 Å². The molecule has 14 heavy (non-hydrogen) atoms. The SMILES string of the molecule is CNCC(O)Cc1cccc(F)c1Cl. The summed E-state index contributed by atoms with van der Waals surface area (Å²) in [5, 5.41) is 12.4. The molecule has 2 N–H and O–H groups in total. The predicted molar refractivity (Wildman–Crippen MR) is 55.0 cm³/mol. The fourth-order valence-corrected chi connectivity index (χ4v) is 1.47. The Labute approximate surface area is 87.7 Å². The van der Waals surface area contributed by atoms with E-state index in [0.717, 1.165) is 0 Å². The molecule has 0 radical (unpaired) electrons. The Morgan fingerprint density at radius 2 is 2.29 bits per heavy atom. The topological polar surface area (TPSA) is 32.3 Å². The molecule has 0 aliphatic rings. The molecule has 0 aliphatic carbocycles. The second-order valence-corrected chi connectivity index (χ2v) is 3.51. The number of benzene rings is 1. The third-order valence-electron chi connectivity index (χ3n) is 1.93. The van der Waals surface area contributed by atoms with E-state index in [-0.39, 0.29) is 5.02 Å². The van der Waals surface area contributed by atoms with Crippen LogP contribution in [0.15, 0.2) is 18.2 Å². The highest BCUT2D eigenvalue weighted by atomic mass is 35.5. The van der Waals surface area contributed by atoms with Gasteiger partial charge in [-0.3, -0.25) is 0 Å². The molecule has 1 atom stereocenters. The van der Waals surface area contributed by atoms with Crippen molar-refractivity contribution in [3.63, 3.8) is 0 Å². The highest BCUT2D eigenvalue weighted by Crippen LogP contribution is 2.20. The second-order valence-electron chi connectivity index (χ2n) is 3.13. The number of aliphatic hydroxyl groups excluding tert-OH is 1. The number of hydrogen-bond acceptors (Lipinski definition) is 2. The molecule has 0 aromatic heterocycles. The lowest BCUT2D eigenvalue weighted by Gasteiger charge is -2.11. The van der Waals surface area contributed by atoms with Crippen LogP contribution in [0.3, 0.4) is 0 Å². The fraction of sp³-hybridized carbons (Fsp3) is 0.400. The second kappa shape index (κ2) is 5.29. The Hall–Kier alpha value is -0.640. The van der Waals surface area contributed by atoms with Gasteiger partial charge in [-0.25, -0.2) is 4.39 Å². The predicted octanol–water partition coefficient (Wildman–Crippen LogP) is 1.60. The van der Waals surface area contributed by atoms with E-state index in [1.54, 1.807) is 19.2 Å². The van der Waals surface area contributed by atoms with Gasteiger partial charge in [0.2, 0.25) is 0 Å². The molecule has 0 heterocycles. The van der Waals surface area contributed by atoms with Crippen molar-refractivity contribution >= 4 is 11.6 Å². The number of likely N-dealkylation sites (N-methyl/N-ethyl adjacent to an activating group) is 1. The summed E-state index contributed by atoms with van der Waals surface area (Å²) in [5.41, 5.74) is 0.634. The van der Waals surface area contributed by atoms with Crippen LogP contribution in [0.25, 0.3) is 0 Å². The Bertz CT molecular complexity index is 306. The Morgan fingerprint density at radius 3 is 2.93 bits per heavy atom. The zero-order valence-electron chi connectivity index (χ0n) is 7.93. The van der Waals surface area contributed by atoms with Gasteiger partial charge in [-0.2, -0.15) is 0 Å². The van der Waals surface area contributed by atoms with Crippen molar-refractivity contribution in [2.24, 2.45) is 0 Å². The number of halogens is 2. The van der Waals surface area contributed by atoms with Crippen LogP contribution in [-0.2, 0) is 6.42 Å². The molecule has 0 saturated heterocycles. The van der Waals surface area contributed by atoms with Crippen molar-refractivity contribution in [2.75, 3.05) is 13.6 Å². The molecular formula is C10H13ClFNO. The van der Waals surface area contributed by atoms with Crippen LogP contribution in [0, 0.1) is 5.82 Å². The van der Waals surface area contributed by atoms with Crippen molar-refractivity contribution < 1.29 is 9.50 Å². The molecule has 4 heteroatoms. The largest absolute Gasteiger partial charge is 0.391 e. The summed E-state index contributed by atoms with van der Waals surface area (Å²) in [4.78, 5) is 0. The Morgan fingerprint density at radius 1 is 1.57 bits per heavy atom. The third-order valence-corrected chi connectivity index (χ3v) is 2.35. The summed E-state index contributed by atoms with van der Waals surface area (Å²) >= 11 is 5.73. The van der Waals surface area contributed by atoms with Crippen LogP contribution in [0.2, 0.25) is 5.02 Å². The lowest BCUT2D eigenvalue weighted by Crippen LogP contribution is -2.25. The van der Waals surface area contributed by atoms with E-state index in [1.807, 2.05) is 0 Å². The summed E-state index contributed by atoms with van der Waals surface area (Å²) in [6.07, 6.45) is -0.184. The molecule has 0 bridgehead atoms. The molecule has 1 rings (SSSR count). The molecule has 1 aromatic rings. The van der Waals surface area contributed by atoms with E-state index in [4.69, 9.17) is 11.6 Å². The van der Waals surface area contributed by atoms with E-state index in [0.29, 0.717) is 18.5 Å². The minimum atomic E-state index is -0.542. The summed E-state index contributed by atoms with van der Waals surface area (Å²) in [6.45, 7) is 0.465. The van der Waals surface area contributed by atoms with Gasteiger partial charge < -0.3 is 10.4 Å². The van der Waals surface area contributed by atoms with Crippen molar-refractivity contribution in [3.8, 4) is 0 Å². The van der Waals surface area contributed by atoms with Gasteiger partial charge in [0, 0.05) is 13.0 Å². The highest BCUT2D eigenvalue weighted by Gasteiger charge is 2.09. The highest BCUT2D eigenvalue weighted by molar-refractivity contribution is 6.31. The first-order chi connectivity index (χ1) is 6.65. The lowest BCUT2D eigenvalue weighted by atomic mass is 10.1. The van der Waals surface area contributed by atoms with Crippen molar-refractivity contribution in [1.29, 1.82) is 0 Å². The van der Waals surface area contributed by atoms with Gasteiger partial charge in [-0.15, -0.1) is 0 Å². The quantitative estimate of drug-likeness (QED) is 0.803. The number of aliphatic hydroxyl groups is 1. The summed E-state index contributed by atoms with van der Waals surface area (Å²) in [7, 11) is 1.75. The van der Waals surface area contributed by atoms with Crippen molar-refractivity contribution in [1.82, 2.24) is 5.32 Å². The van der Waals surface area contributed by atoms with Gasteiger partial charge in [0.15, 0.2) is 0 Å². The van der Waals surface area contributed by atoms with Gasteiger partial charge in [0.1, 0.15) is 5.82 Å². The van der Waals surface area contributed by atoms with Crippen LogP contribution in [0.4, 0.5) is 4.39 Å². The van der Waals surface area contributed by atoms with E-state index >= 15 is 0 Å². The minimum absolute atomic E-state index is 0.0997. The molecule has 78 valence electrons. The first-order valence-electron chi connectivity index (χ1n) is 4.40. The van der Waals surface area contributed by atoms with Gasteiger partial charge in [0.05, 0.1) is 11.1 Å². The van der Waals surface area contributed by atoms with Crippen LogP contribution >= 0.6 is 11.6 Å². The van der Waals surface area contributed by atoms with Gasteiger partial charge in [-0.05, 0) is 18.7 Å². The summed E-state index contributed by atoms with van der Waals surface area (Å²) in [5.74, 6) is -0.444. The minimum Gasteiger partial charge on any atom is -0.391 e. The smallest absolute Gasteiger partial charge is 0.142 e. The summed E-state index contributed by atoms with van der Waals surface area (Å²) < 4.78 is 13.0. The van der Waals surface area contributed by atoms with Gasteiger partial charge in [-0.1, -0.05) is 23.7 Å². The van der Waals surface area contributed by atoms with Crippen molar-refractivity contribution in [3.05, 3.63) is 34.6 Å². The Balaban J connectivity index is 2.71. The third kappa shape index (κ3) is 2.94. The number of rotatable bonds is 4. The molecule has 2 nitrogen and oxygen atoms in total. The van der Waals surface area contributed by atoms with E-state index in [2.05, 4.69) is 5.32 Å². The summed E-state index contributed by atoms with van der Waals surface area (Å²) in [6, 6.07) is 4.60. The maximum atomic E-state index is 13.0. The normalized spacial score (nSPS) is 12.9. The first kappa shape index (κ1) is 11.4. The lowest BCUT2D eigenvalue weighted by molar-refractivity contribution is 0.174. The molecule has 0 aliphatic heterocycles. The standard InChI is InChI=1S/C10H13ClFNO/c1-13-6-8(14)5-7-3-2-4-9(12)10(7)11/h2-4,8,13-14H,5-6H2,1H3. The molecule has 1 unspecified atom stereocenters. The zero-order chi connectivity index (χ0) is 10.6. The molecule has 0 fully saturated rings. The zero-order valence-corrected chi connectivity index (χ0v) is 8.68.